The number of carbonyl (C=O) groups excluding carboxylic acids is 1. The van der Waals surface area contributed by atoms with E-state index < -0.39 is 12.0 Å². The Labute approximate surface area is 94.0 Å². The highest BCUT2D eigenvalue weighted by Gasteiger charge is 2.18. The highest BCUT2D eigenvalue weighted by atomic mass is 32.2. The van der Waals surface area contributed by atoms with Crippen molar-refractivity contribution in [2.45, 2.75) is 18.9 Å². The van der Waals surface area contributed by atoms with Crippen LogP contribution in [-0.2, 0) is 9.59 Å². The van der Waals surface area contributed by atoms with Crippen LogP contribution in [0.25, 0.3) is 0 Å². The van der Waals surface area contributed by atoms with E-state index in [4.69, 9.17) is 5.11 Å². The van der Waals surface area contributed by atoms with Crippen LogP contribution in [0.5, 0.6) is 0 Å². The van der Waals surface area contributed by atoms with Gasteiger partial charge in [-0.15, -0.1) is 0 Å². The zero-order chi connectivity index (χ0) is 11.7. The largest absolute Gasteiger partial charge is 0.480 e. The van der Waals surface area contributed by atoms with Crippen LogP contribution >= 0.6 is 11.8 Å². The van der Waals surface area contributed by atoms with Gasteiger partial charge in [0, 0.05) is 13.0 Å². The Bertz CT molecular complexity index is 212. The lowest BCUT2D eigenvalue weighted by Crippen LogP contribution is -2.41. The monoisotopic (exact) mass is 234 g/mol. The third-order valence-electron chi connectivity index (χ3n) is 1.85. The average molecular weight is 234 g/mol. The summed E-state index contributed by atoms with van der Waals surface area (Å²) >= 11 is 1.57. The number of amides is 1. The summed E-state index contributed by atoms with van der Waals surface area (Å²) in [5, 5.41) is 14.2. The van der Waals surface area contributed by atoms with Crippen LogP contribution in [0, 0.1) is 0 Å². The van der Waals surface area contributed by atoms with Crippen molar-refractivity contribution in [3.05, 3.63) is 0 Å². The van der Waals surface area contributed by atoms with E-state index in [1.54, 1.807) is 18.8 Å². The molecule has 0 fully saturated rings. The molecule has 0 saturated carbocycles. The van der Waals surface area contributed by atoms with E-state index in [1.807, 2.05) is 6.26 Å². The topological polar surface area (TPSA) is 78.4 Å². The van der Waals surface area contributed by atoms with Crippen molar-refractivity contribution in [2.24, 2.45) is 0 Å². The maximum absolute atomic E-state index is 11.3. The maximum Gasteiger partial charge on any atom is 0.326 e. The third-order valence-corrected chi connectivity index (χ3v) is 2.49. The van der Waals surface area contributed by atoms with Crippen LogP contribution in [-0.4, -0.2) is 48.6 Å². The van der Waals surface area contributed by atoms with Gasteiger partial charge in [0.15, 0.2) is 0 Å². The van der Waals surface area contributed by atoms with Crippen LogP contribution in [0.2, 0.25) is 0 Å². The third kappa shape index (κ3) is 7.21. The number of carboxylic acid groups (broad SMARTS) is 1. The molecule has 0 bridgehead atoms. The van der Waals surface area contributed by atoms with E-state index in [1.165, 1.54) is 0 Å². The first-order valence-corrected chi connectivity index (χ1v) is 6.17. The van der Waals surface area contributed by atoms with Gasteiger partial charge in [-0.2, -0.15) is 11.8 Å². The second-order valence-corrected chi connectivity index (χ2v) is 4.08. The highest BCUT2D eigenvalue weighted by Crippen LogP contribution is 2.01. The number of aliphatic carboxylic acids is 1. The molecular weight excluding hydrogens is 216 g/mol. The van der Waals surface area contributed by atoms with Gasteiger partial charge in [0.1, 0.15) is 6.04 Å². The first kappa shape index (κ1) is 14.2. The zero-order valence-corrected chi connectivity index (χ0v) is 9.89. The van der Waals surface area contributed by atoms with Crippen molar-refractivity contribution in [3.8, 4) is 0 Å². The Morgan fingerprint density at radius 3 is 2.60 bits per heavy atom. The van der Waals surface area contributed by atoms with Crippen molar-refractivity contribution in [2.75, 3.05) is 25.6 Å². The molecule has 1 amide bonds. The molecule has 0 aromatic carbocycles. The molecule has 6 heteroatoms. The minimum atomic E-state index is -0.971. The number of hydrogen-bond acceptors (Lipinski definition) is 4. The molecule has 0 unspecified atom stereocenters. The molecule has 0 aromatic heterocycles. The van der Waals surface area contributed by atoms with Crippen LogP contribution < -0.4 is 10.6 Å². The normalized spacial score (nSPS) is 12.1. The predicted molar refractivity (Wildman–Crippen MR) is 61.1 cm³/mol. The van der Waals surface area contributed by atoms with E-state index in [2.05, 4.69) is 10.6 Å². The van der Waals surface area contributed by atoms with Crippen molar-refractivity contribution in [1.29, 1.82) is 0 Å². The fraction of sp³-hybridized carbons (Fsp3) is 0.778. The zero-order valence-electron chi connectivity index (χ0n) is 9.08. The minimum Gasteiger partial charge on any atom is -0.480 e. The molecule has 5 nitrogen and oxygen atoms in total. The molecule has 0 aliphatic rings. The molecule has 0 aliphatic heterocycles. The van der Waals surface area contributed by atoms with Gasteiger partial charge in [-0.25, -0.2) is 4.79 Å². The SMILES string of the molecule is CNCCC(=O)N[C@H](CCSC)C(=O)O. The number of nitrogens with one attached hydrogen (secondary N) is 2. The minimum absolute atomic E-state index is 0.224. The van der Waals surface area contributed by atoms with Crippen LogP contribution in [0.4, 0.5) is 0 Å². The van der Waals surface area contributed by atoms with Crippen LogP contribution in [0.1, 0.15) is 12.8 Å². The molecule has 15 heavy (non-hydrogen) atoms. The molecule has 1 atom stereocenters. The van der Waals surface area contributed by atoms with E-state index in [9.17, 15) is 9.59 Å². The summed E-state index contributed by atoms with van der Waals surface area (Å²) in [6, 6.07) is -0.762. The Hall–Kier alpha value is -0.750. The van der Waals surface area contributed by atoms with Gasteiger partial charge in [-0.1, -0.05) is 0 Å². The van der Waals surface area contributed by atoms with Gasteiger partial charge in [0.05, 0.1) is 0 Å². The highest BCUT2D eigenvalue weighted by molar-refractivity contribution is 7.98. The van der Waals surface area contributed by atoms with Gasteiger partial charge in [-0.05, 0) is 25.5 Å². The summed E-state index contributed by atoms with van der Waals surface area (Å²) in [5.41, 5.74) is 0. The predicted octanol–water partition coefficient (Wildman–Crippen LogP) is -0.0816. The molecule has 0 aromatic rings. The summed E-state index contributed by atoms with van der Waals surface area (Å²) in [5.74, 6) is -0.469. The number of carbonyl (C=O) groups is 2. The number of hydrogen-bond donors (Lipinski definition) is 3. The molecule has 0 saturated heterocycles. The van der Waals surface area contributed by atoms with Crippen molar-refractivity contribution < 1.29 is 14.7 Å². The van der Waals surface area contributed by atoms with Gasteiger partial charge in [0.2, 0.25) is 5.91 Å². The average Bonchev–Trinajstić information content (AvgIpc) is 2.20. The van der Waals surface area contributed by atoms with E-state index >= 15 is 0 Å². The van der Waals surface area contributed by atoms with Gasteiger partial charge >= 0.3 is 5.97 Å². The summed E-state index contributed by atoms with van der Waals surface area (Å²) in [7, 11) is 1.75. The second kappa shape index (κ2) is 8.55. The van der Waals surface area contributed by atoms with Crippen molar-refractivity contribution >= 4 is 23.6 Å². The first-order valence-electron chi connectivity index (χ1n) is 4.77. The van der Waals surface area contributed by atoms with E-state index in [0.29, 0.717) is 19.4 Å². The van der Waals surface area contributed by atoms with Crippen molar-refractivity contribution in [3.63, 3.8) is 0 Å². The summed E-state index contributed by atoms with van der Waals surface area (Å²) in [6.45, 7) is 0.556. The Balaban J connectivity index is 3.93. The maximum atomic E-state index is 11.3. The standard InChI is InChI=1S/C9H18N2O3S/c1-10-5-3-8(12)11-7(9(13)14)4-6-15-2/h7,10H,3-6H2,1-2H3,(H,11,12)(H,13,14)/t7-/m1/s1. The second-order valence-electron chi connectivity index (χ2n) is 3.09. The van der Waals surface area contributed by atoms with E-state index in [0.717, 1.165) is 5.75 Å². The lowest BCUT2D eigenvalue weighted by Gasteiger charge is -2.13. The quantitative estimate of drug-likeness (QED) is 0.547. The molecule has 0 radical (unpaired) electrons. The molecule has 3 N–H and O–H groups in total. The number of thioether (sulfide) groups is 1. The smallest absolute Gasteiger partial charge is 0.326 e. The Morgan fingerprint density at radius 1 is 1.47 bits per heavy atom. The lowest BCUT2D eigenvalue weighted by molar-refractivity contribution is -0.141. The Morgan fingerprint density at radius 2 is 2.13 bits per heavy atom. The molecule has 0 rings (SSSR count). The van der Waals surface area contributed by atoms with Crippen LogP contribution in [0.15, 0.2) is 0 Å². The Kier molecular flexibility index (Phi) is 8.12. The summed E-state index contributed by atoms with van der Waals surface area (Å²) in [4.78, 5) is 22.0. The fourth-order valence-electron chi connectivity index (χ4n) is 0.998. The van der Waals surface area contributed by atoms with E-state index in [-0.39, 0.29) is 5.91 Å². The molecule has 0 spiro atoms. The number of rotatable bonds is 8. The molecule has 88 valence electrons. The van der Waals surface area contributed by atoms with Gasteiger partial charge < -0.3 is 15.7 Å². The van der Waals surface area contributed by atoms with Gasteiger partial charge in [-0.3, -0.25) is 4.79 Å². The first-order chi connectivity index (χ1) is 7.11. The lowest BCUT2D eigenvalue weighted by atomic mass is 10.2. The number of carboxylic acids is 1. The van der Waals surface area contributed by atoms with Crippen LogP contribution in [0.3, 0.4) is 0 Å². The molecule has 0 heterocycles. The summed E-state index contributed by atoms with van der Waals surface area (Å²) in [6.07, 6.45) is 2.67. The molecule has 0 aliphatic carbocycles. The van der Waals surface area contributed by atoms with Crippen molar-refractivity contribution in [1.82, 2.24) is 10.6 Å². The fourth-order valence-corrected chi connectivity index (χ4v) is 1.47. The van der Waals surface area contributed by atoms with Gasteiger partial charge in [0.25, 0.3) is 0 Å². The summed E-state index contributed by atoms with van der Waals surface area (Å²) < 4.78 is 0. The molecular formula is C9H18N2O3S.